The van der Waals surface area contributed by atoms with Crippen LogP contribution in [-0.4, -0.2) is 50.0 Å². The van der Waals surface area contributed by atoms with Gasteiger partial charge >= 0.3 is 0 Å². The van der Waals surface area contributed by atoms with E-state index in [1.54, 1.807) is 6.92 Å². The summed E-state index contributed by atoms with van der Waals surface area (Å²) in [6.07, 6.45) is 1.72. The van der Waals surface area contributed by atoms with Crippen LogP contribution in [0.4, 0.5) is 5.69 Å². The smallest absolute Gasteiger partial charge is 0.244 e. The first-order chi connectivity index (χ1) is 15.8. The molecule has 0 aliphatic carbocycles. The van der Waals surface area contributed by atoms with Gasteiger partial charge in [-0.15, -0.1) is 0 Å². The number of carbonyl (C=O) groups excluding carboxylic acids is 2. The lowest BCUT2D eigenvalue weighted by atomic mass is 10.1. The lowest BCUT2D eigenvalue weighted by Gasteiger charge is -2.32. The number of nitrogens with one attached hydrogen (secondary N) is 1. The third kappa shape index (κ3) is 8.15. The number of amides is 2. The maximum atomic E-state index is 13.5. The molecule has 2 aromatic rings. The van der Waals surface area contributed by atoms with Crippen LogP contribution in [0, 0.1) is 0 Å². The van der Waals surface area contributed by atoms with Gasteiger partial charge in [-0.3, -0.25) is 13.9 Å². The Morgan fingerprint density at radius 2 is 1.71 bits per heavy atom. The van der Waals surface area contributed by atoms with Gasteiger partial charge < -0.3 is 10.2 Å². The molecule has 0 radical (unpaired) electrons. The minimum atomic E-state index is -3.87. The number of rotatable bonds is 10. The third-order valence-electron chi connectivity index (χ3n) is 5.22. The molecule has 0 unspecified atom stereocenters. The molecule has 2 atom stereocenters. The normalized spacial score (nSPS) is 13.1. The number of halogens is 3. The molecule has 1 N–H and O–H groups in total. The summed E-state index contributed by atoms with van der Waals surface area (Å²) in [5.74, 6) is -0.872. The topological polar surface area (TPSA) is 86.8 Å². The van der Waals surface area contributed by atoms with E-state index in [1.807, 2.05) is 38.1 Å². The number of benzene rings is 2. The molecule has 2 rings (SSSR count). The van der Waals surface area contributed by atoms with Crippen molar-refractivity contribution in [2.45, 2.75) is 45.8 Å². The van der Waals surface area contributed by atoms with Crippen molar-refractivity contribution in [1.82, 2.24) is 10.2 Å². The Morgan fingerprint density at radius 1 is 1.09 bits per heavy atom. The van der Waals surface area contributed by atoms with Crippen LogP contribution in [0.2, 0.25) is 10.0 Å². The number of hydrogen-bond donors (Lipinski definition) is 1. The van der Waals surface area contributed by atoms with Crippen LogP contribution in [-0.2, 0) is 26.2 Å². The van der Waals surface area contributed by atoms with Gasteiger partial charge in [-0.25, -0.2) is 8.42 Å². The van der Waals surface area contributed by atoms with Crippen molar-refractivity contribution < 1.29 is 18.0 Å². The highest BCUT2D eigenvalue weighted by molar-refractivity contribution is 9.10. The van der Waals surface area contributed by atoms with Crippen molar-refractivity contribution in [2.24, 2.45) is 0 Å². The van der Waals surface area contributed by atoms with E-state index < -0.39 is 28.5 Å². The molecule has 11 heteroatoms. The molecule has 0 aromatic heterocycles. The van der Waals surface area contributed by atoms with Gasteiger partial charge in [0.15, 0.2) is 0 Å². The van der Waals surface area contributed by atoms with E-state index in [2.05, 4.69) is 21.2 Å². The fourth-order valence-electron chi connectivity index (χ4n) is 3.18. The van der Waals surface area contributed by atoms with Gasteiger partial charge in [-0.2, -0.15) is 0 Å². The SMILES string of the molecule is CC[C@@H](C)NC(=O)[C@@H](C)N(Cc1cccc(Br)c1)C(=O)CN(c1cc(Cl)cc(Cl)c1)S(C)(=O)=O. The molecule has 186 valence electrons. The van der Waals surface area contributed by atoms with Gasteiger partial charge in [0.2, 0.25) is 21.8 Å². The maximum Gasteiger partial charge on any atom is 0.244 e. The monoisotopic (exact) mass is 591 g/mol. The molecule has 0 spiro atoms. The first-order valence-corrected chi connectivity index (χ1v) is 14.0. The average Bonchev–Trinajstić information content (AvgIpc) is 2.73. The first-order valence-electron chi connectivity index (χ1n) is 10.6. The molecular formula is C23H28BrCl2N3O4S. The van der Waals surface area contributed by atoms with Gasteiger partial charge in [0.05, 0.1) is 11.9 Å². The van der Waals surface area contributed by atoms with Crippen molar-refractivity contribution >= 4 is 66.7 Å². The average molecular weight is 593 g/mol. The zero-order valence-electron chi connectivity index (χ0n) is 19.4. The quantitative estimate of drug-likeness (QED) is 0.427. The lowest BCUT2D eigenvalue weighted by Crippen LogP contribution is -2.52. The summed E-state index contributed by atoms with van der Waals surface area (Å²) in [5.41, 5.74) is 0.940. The molecule has 0 aliphatic rings. The summed E-state index contributed by atoms with van der Waals surface area (Å²) in [6, 6.07) is 10.7. The Kier molecular flexibility index (Phi) is 10.2. The molecule has 0 saturated heterocycles. The lowest BCUT2D eigenvalue weighted by molar-refractivity contribution is -0.139. The highest BCUT2D eigenvalue weighted by atomic mass is 79.9. The van der Waals surface area contributed by atoms with E-state index in [0.717, 1.165) is 27.0 Å². The van der Waals surface area contributed by atoms with Crippen molar-refractivity contribution in [3.8, 4) is 0 Å². The summed E-state index contributed by atoms with van der Waals surface area (Å²) >= 11 is 15.5. The van der Waals surface area contributed by atoms with Gasteiger partial charge in [-0.05, 0) is 56.2 Å². The predicted octanol–water partition coefficient (Wildman–Crippen LogP) is 4.85. The van der Waals surface area contributed by atoms with Gasteiger partial charge in [0.1, 0.15) is 12.6 Å². The molecule has 0 fully saturated rings. The second kappa shape index (κ2) is 12.2. The molecular weight excluding hydrogens is 565 g/mol. The number of sulfonamides is 1. The fourth-order valence-corrected chi connectivity index (χ4v) is 4.97. The van der Waals surface area contributed by atoms with Gasteiger partial charge in [0, 0.05) is 27.1 Å². The van der Waals surface area contributed by atoms with Crippen LogP contribution >= 0.6 is 39.1 Å². The molecule has 0 aliphatic heterocycles. The van der Waals surface area contributed by atoms with Crippen molar-refractivity contribution in [3.05, 3.63) is 62.5 Å². The summed E-state index contributed by atoms with van der Waals surface area (Å²) in [7, 11) is -3.87. The summed E-state index contributed by atoms with van der Waals surface area (Å²) in [4.78, 5) is 27.7. The Labute approximate surface area is 219 Å². The standard InChI is InChI=1S/C23H28BrCl2N3O4S/c1-5-15(2)27-23(31)16(3)28(13-17-7-6-8-18(24)9-17)22(30)14-29(34(4,32)33)21-11-19(25)10-20(26)12-21/h6-12,15-16H,5,13-14H2,1-4H3,(H,27,31)/t15-,16-/m1/s1. The Bertz CT molecular complexity index is 1130. The zero-order valence-corrected chi connectivity index (χ0v) is 23.3. The summed E-state index contributed by atoms with van der Waals surface area (Å²) in [6.45, 7) is 5.03. The molecule has 34 heavy (non-hydrogen) atoms. The van der Waals surface area contributed by atoms with Crippen LogP contribution in [0.1, 0.15) is 32.8 Å². The minimum absolute atomic E-state index is 0.0705. The molecule has 0 saturated carbocycles. The van der Waals surface area contributed by atoms with Crippen LogP contribution < -0.4 is 9.62 Å². The van der Waals surface area contributed by atoms with Crippen molar-refractivity contribution in [1.29, 1.82) is 0 Å². The van der Waals surface area contributed by atoms with Crippen molar-refractivity contribution in [3.63, 3.8) is 0 Å². The van der Waals surface area contributed by atoms with Crippen molar-refractivity contribution in [2.75, 3.05) is 17.1 Å². The number of nitrogens with zero attached hydrogens (tertiary/aromatic N) is 2. The predicted molar refractivity (Wildman–Crippen MR) is 141 cm³/mol. The van der Waals surface area contributed by atoms with Crippen LogP contribution in [0.3, 0.4) is 0 Å². The Hall–Kier alpha value is -1.81. The highest BCUT2D eigenvalue weighted by Gasteiger charge is 2.30. The van der Waals surface area contributed by atoms with Gasteiger partial charge in [0.25, 0.3) is 0 Å². The van der Waals surface area contributed by atoms with E-state index >= 15 is 0 Å². The molecule has 7 nitrogen and oxygen atoms in total. The van der Waals surface area contributed by atoms with Crippen LogP contribution in [0.15, 0.2) is 46.9 Å². The highest BCUT2D eigenvalue weighted by Crippen LogP contribution is 2.27. The molecule has 2 aromatic carbocycles. The van der Waals surface area contributed by atoms with E-state index in [9.17, 15) is 18.0 Å². The van der Waals surface area contributed by atoms with Crippen LogP contribution in [0.5, 0.6) is 0 Å². The summed E-state index contributed by atoms with van der Waals surface area (Å²) < 4.78 is 26.9. The van der Waals surface area contributed by atoms with E-state index in [0.29, 0.717) is 0 Å². The second-order valence-electron chi connectivity index (χ2n) is 8.04. The molecule has 0 bridgehead atoms. The zero-order chi connectivity index (χ0) is 25.6. The molecule has 2 amide bonds. The van der Waals surface area contributed by atoms with E-state index in [1.165, 1.54) is 23.1 Å². The van der Waals surface area contributed by atoms with Gasteiger partial charge in [-0.1, -0.05) is 58.2 Å². The van der Waals surface area contributed by atoms with E-state index in [-0.39, 0.29) is 34.2 Å². The first kappa shape index (κ1) is 28.4. The number of anilines is 1. The molecule has 0 heterocycles. The summed E-state index contributed by atoms with van der Waals surface area (Å²) in [5, 5.41) is 3.35. The van der Waals surface area contributed by atoms with E-state index in [4.69, 9.17) is 23.2 Å². The largest absolute Gasteiger partial charge is 0.352 e. The fraction of sp³-hybridized carbons (Fsp3) is 0.391. The Balaban J connectivity index is 2.42. The number of hydrogen-bond acceptors (Lipinski definition) is 4. The maximum absolute atomic E-state index is 13.5. The second-order valence-corrected chi connectivity index (χ2v) is 11.7. The minimum Gasteiger partial charge on any atom is -0.352 e. The Morgan fingerprint density at radius 3 is 2.24 bits per heavy atom. The third-order valence-corrected chi connectivity index (χ3v) is 7.30. The van der Waals surface area contributed by atoms with Crippen LogP contribution in [0.25, 0.3) is 0 Å². The number of carbonyl (C=O) groups is 2.